The van der Waals surface area contributed by atoms with Crippen molar-refractivity contribution in [2.75, 3.05) is 32.7 Å². The Balaban J connectivity index is 1.63. The third kappa shape index (κ3) is 2.55. The fraction of sp³-hybridized carbons (Fsp3) is 0.625. The van der Waals surface area contributed by atoms with Crippen LogP contribution in [0.3, 0.4) is 0 Å². The number of aliphatic hydroxyl groups is 1. The van der Waals surface area contributed by atoms with Gasteiger partial charge >= 0.3 is 0 Å². The second-order valence-corrected chi connectivity index (χ2v) is 5.79. The highest BCUT2D eigenvalue weighted by atomic mass is 16.3. The molecule has 1 aromatic rings. The van der Waals surface area contributed by atoms with Gasteiger partial charge in [-0.2, -0.15) is 0 Å². The van der Waals surface area contributed by atoms with Gasteiger partial charge in [0.05, 0.1) is 6.10 Å². The predicted octanol–water partition coefficient (Wildman–Crippen LogP) is 1.67. The second kappa shape index (κ2) is 5.61. The van der Waals surface area contributed by atoms with Crippen LogP contribution >= 0.6 is 0 Å². The van der Waals surface area contributed by atoms with Crippen molar-refractivity contribution in [2.45, 2.75) is 31.9 Å². The molecule has 1 fully saturated rings. The lowest BCUT2D eigenvalue weighted by Crippen LogP contribution is -2.51. The fourth-order valence-corrected chi connectivity index (χ4v) is 3.52. The Labute approximate surface area is 115 Å². The first-order chi connectivity index (χ1) is 9.29. The van der Waals surface area contributed by atoms with Crippen LogP contribution in [0.4, 0.5) is 0 Å². The highest BCUT2D eigenvalue weighted by Gasteiger charge is 2.35. The molecule has 3 heteroatoms. The number of aliphatic hydroxyl groups excluding tert-OH is 1. The van der Waals surface area contributed by atoms with Crippen molar-refractivity contribution >= 4 is 0 Å². The Bertz CT molecular complexity index is 427. The van der Waals surface area contributed by atoms with E-state index in [-0.39, 0.29) is 6.10 Å². The van der Waals surface area contributed by atoms with Crippen LogP contribution in [0.25, 0.3) is 0 Å². The van der Waals surface area contributed by atoms with Gasteiger partial charge in [-0.3, -0.25) is 4.90 Å². The summed E-state index contributed by atoms with van der Waals surface area (Å²) in [4.78, 5) is 5.02. The first kappa shape index (κ1) is 13.1. The van der Waals surface area contributed by atoms with Crippen LogP contribution in [-0.2, 0) is 6.42 Å². The summed E-state index contributed by atoms with van der Waals surface area (Å²) in [5.74, 6) is 0. The summed E-state index contributed by atoms with van der Waals surface area (Å²) in [6.45, 7) is 7.93. The van der Waals surface area contributed by atoms with Crippen LogP contribution in [0.2, 0.25) is 0 Å². The molecule has 104 valence electrons. The Kier molecular flexibility index (Phi) is 3.87. The van der Waals surface area contributed by atoms with Crippen LogP contribution < -0.4 is 0 Å². The lowest BCUT2D eigenvalue weighted by Gasteiger charge is -2.39. The molecule has 1 saturated heterocycles. The monoisotopic (exact) mass is 260 g/mol. The van der Waals surface area contributed by atoms with E-state index in [1.165, 1.54) is 18.5 Å². The Hall–Kier alpha value is -0.900. The Morgan fingerprint density at radius 3 is 2.58 bits per heavy atom. The molecule has 1 aliphatic carbocycles. The quantitative estimate of drug-likeness (QED) is 0.895. The normalized spacial score (nSPS) is 28.5. The van der Waals surface area contributed by atoms with Gasteiger partial charge in [0.2, 0.25) is 0 Å². The van der Waals surface area contributed by atoms with Gasteiger partial charge < -0.3 is 10.0 Å². The average Bonchev–Trinajstić information content (AvgIpc) is 2.78. The minimum atomic E-state index is -0.297. The maximum absolute atomic E-state index is 10.5. The number of benzene rings is 1. The van der Waals surface area contributed by atoms with E-state index in [0.29, 0.717) is 6.04 Å². The summed E-state index contributed by atoms with van der Waals surface area (Å²) in [6, 6.07) is 8.64. The number of fused-ring (bicyclic) bond motifs is 1. The van der Waals surface area contributed by atoms with Crippen LogP contribution in [0.15, 0.2) is 24.3 Å². The molecule has 1 aliphatic heterocycles. The molecule has 1 aromatic carbocycles. The Morgan fingerprint density at radius 2 is 1.89 bits per heavy atom. The van der Waals surface area contributed by atoms with Gasteiger partial charge in [-0.15, -0.1) is 0 Å². The highest BCUT2D eigenvalue weighted by Crippen LogP contribution is 2.34. The lowest BCUT2D eigenvalue weighted by atomic mass is 10.1. The first-order valence-corrected chi connectivity index (χ1v) is 7.52. The number of hydrogen-bond acceptors (Lipinski definition) is 3. The Morgan fingerprint density at radius 1 is 1.16 bits per heavy atom. The third-order valence-corrected chi connectivity index (χ3v) is 4.58. The third-order valence-electron chi connectivity index (χ3n) is 4.58. The number of rotatable bonds is 3. The molecule has 2 aliphatic rings. The van der Waals surface area contributed by atoms with Gasteiger partial charge in [0, 0.05) is 32.2 Å². The minimum absolute atomic E-state index is 0.293. The maximum atomic E-state index is 10.5. The zero-order valence-electron chi connectivity index (χ0n) is 11.8. The van der Waals surface area contributed by atoms with E-state index in [1.807, 2.05) is 6.07 Å². The van der Waals surface area contributed by atoms with Crippen molar-refractivity contribution in [2.24, 2.45) is 0 Å². The van der Waals surface area contributed by atoms with Gasteiger partial charge in [-0.25, -0.2) is 0 Å². The molecule has 19 heavy (non-hydrogen) atoms. The molecule has 1 N–H and O–H groups in total. The van der Waals surface area contributed by atoms with Crippen molar-refractivity contribution in [1.29, 1.82) is 0 Å². The van der Waals surface area contributed by atoms with Gasteiger partial charge in [0.1, 0.15) is 0 Å². The van der Waals surface area contributed by atoms with Crippen molar-refractivity contribution in [3.63, 3.8) is 0 Å². The van der Waals surface area contributed by atoms with Gasteiger partial charge in [-0.05, 0) is 30.5 Å². The molecule has 0 aromatic heterocycles. The van der Waals surface area contributed by atoms with Crippen LogP contribution in [0, 0.1) is 0 Å². The first-order valence-electron chi connectivity index (χ1n) is 7.52. The summed E-state index contributed by atoms with van der Waals surface area (Å²) in [5, 5.41) is 10.5. The summed E-state index contributed by atoms with van der Waals surface area (Å²) >= 11 is 0. The highest BCUT2D eigenvalue weighted by molar-refractivity contribution is 5.35. The topological polar surface area (TPSA) is 26.7 Å². The molecule has 3 rings (SSSR count). The SMILES string of the molecule is CCCN1CCN(C2Cc3ccccc3C2O)CC1. The number of hydrogen-bond donors (Lipinski definition) is 1. The molecule has 2 unspecified atom stereocenters. The zero-order chi connectivity index (χ0) is 13.2. The predicted molar refractivity (Wildman–Crippen MR) is 77.2 cm³/mol. The molecule has 1 heterocycles. The van der Waals surface area contributed by atoms with Crippen molar-refractivity contribution in [3.05, 3.63) is 35.4 Å². The molecule has 0 bridgehead atoms. The van der Waals surface area contributed by atoms with E-state index < -0.39 is 0 Å². The maximum Gasteiger partial charge on any atom is 0.0951 e. The molecule has 3 nitrogen and oxygen atoms in total. The van der Waals surface area contributed by atoms with Crippen molar-refractivity contribution in [3.8, 4) is 0 Å². The summed E-state index contributed by atoms with van der Waals surface area (Å²) in [6.07, 6.45) is 1.94. The molecule has 0 amide bonds. The summed E-state index contributed by atoms with van der Waals surface area (Å²) in [5.41, 5.74) is 2.47. The number of nitrogens with zero attached hydrogens (tertiary/aromatic N) is 2. The number of piperazine rings is 1. The standard InChI is InChI=1S/C16H24N2O/c1-2-7-17-8-10-18(11-9-17)15-12-13-5-3-4-6-14(13)16(15)19/h3-6,15-16,19H,2,7-12H2,1H3. The van der Waals surface area contributed by atoms with Gasteiger partial charge in [-0.1, -0.05) is 31.2 Å². The smallest absolute Gasteiger partial charge is 0.0951 e. The van der Waals surface area contributed by atoms with E-state index in [1.54, 1.807) is 0 Å². The summed E-state index contributed by atoms with van der Waals surface area (Å²) in [7, 11) is 0. The van der Waals surface area contributed by atoms with Crippen molar-refractivity contribution in [1.82, 2.24) is 9.80 Å². The molecular formula is C16H24N2O. The van der Waals surface area contributed by atoms with E-state index in [9.17, 15) is 5.11 Å². The van der Waals surface area contributed by atoms with Crippen molar-refractivity contribution < 1.29 is 5.11 Å². The minimum Gasteiger partial charge on any atom is -0.387 e. The van der Waals surface area contributed by atoms with Crippen LogP contribution in [0.1, 0.15) is 30.6 Å². The molecule has 0 saturated carbocycles. The fourth-order valence-electron chi connectivity index (χ4n) is 3.52. The molecular weight excluding hydrogens is 236 g/mol. The van der Waals surface area contributed by atoms with E-state index in [2.05, 4.69) is 34.9 Å². The molecule has 0 spiro atoms. The van der Waals surface area contributed by atoms with Crippen LogP contribution in [-0.4, -0.2) is 53.7 Å². The lowest BCUT2D eigenvalue weighted by molar-refractivity contribution is 0.0276. The largest absolute Gasteiger partial charge is 0.387 e. The zero-order valence-corrected chi connectivity index (χ0v) is 11.8. The van der Waals surface area contributed by atoms with E-state index in [0.717, 1.165) is 38.2 Å². The van der Waals surface area contributed by atoms with Gasteiger partial charge in [0.25, 0.3) is 0 Å². The second-order valence-electron chi connectivity index (χ2n) is 5.79. The molecule has 2 atom stereocenters. The van der Waals surface area contributed by atoms with Crippen LogP contribution in [0.5, 0.6) is 0 Å². The van der Waals surface area contributed by atoms with Gasteiger partial charge in [0.15, 0.2) is 0 Å². The molecule has 0 radical (unpaired) electrons. The van der Waals surface area contributed by atoms with E-state index in [4.69, 9.17) is 0 Å². The summed E-state index contributed by atoms with van der Waals surface area (Å²) < 4.78 is 0. The van der Waals surface area contributed by atoms with E-state index >= 15 is 0 Å². The average molecular weight is 260 g/mol.